The number of guanidine groups is 1. The number of piperidine rings is 1. The number of β-amino-alcohol motifs (C(OH)–C–C–N with tert-alkyl or cyclic N) is 1. The number of carboxylic acids is 1. The number of benzene rings is 2. The number of nitrogens with one attached hydrogen (secondary N) is 4. The van der Waals surface area contributed by atoms with E-state index in [-0.39, 0.29) is 16.5 Å². The van der Waals surface area contributed by atoms with Gasteiger partial charge in [-0.2, -0.15) is 4.72 Å². The van der Waals surface area contributed by atoms with Crippen LogP contribution in [0.2, 0.25) is 0 Å². The molecule has 2 aliphatic rings. The summed E-state index contributed by atoms with van der Waals surface area (Å²) in [5.41, 5.74) is 1.02. The number of carboxylic acid groups (broad SMARTS) is 1. The maximum atomic E-state index is 12.8. The molecule has 0 bridgehead atoms. The summed E-state index contributed by atoms with van der Waals surface area (Å²) in [5.74, 6) is -1.26. The molecule has 0 radical (unpaired) electrons. The molecular weight excluding hydrogens is 512 g/mol. The molecule has 2 aliphatic heterocycles. The molecule has 13 heteroatoms. The summed E-state index contributed by atoms with van der Waals surface area (Å²) >= 11 is 0. The van der Waals surface area contributed by atoms with Crippen LogP contribution in [0.25, 0.3) is 0 Å². The SMILES string of the molecule is O=C(NCC(NS(=O)(=O)c1ccccc1)C(=O)O)c1cccc(N2CCC(NC3=NCCCN3)[C@@H](O)C2)c1. The molecule has 0 aromatic heterocycles. The van der Waals surface area contributed by atoms with Crippen molar-refractivity contribution in [2.75, 3.05) is 37.6 Å². The standard InChI is InChI=1S/C25H32N6O6S/c32-22-16-31(13-10-20(22)29-25-26-11-5-12-27-25)18-7-4-6-17(14-18)23(33)28-15-21(24(34)35)30-38(36,37)19-8-2-1-3-9-19/h1-4,6-9,14,20-22,30,32H,5,10-13,15-16H2,(H,28,33)(H,34,35)(H2,26,27,29)/t20?,21?,22-/m0/s1. The molecule has 204 valence electrons. The van der Waals surface area contributed by atoms with E-state index in [2.05, 4.69) is 25.7 Å². The van der Waals surface area contributed by atoms with E-state index in [9.17, 15) is 28.2 Å². The van der Waals surface area contributed by atoms with Gasteiger partial charge in [-0.15, -0.1) is 0 Å². The van der Waals surface area contributed by atoms with E-state index in [1.807, 2.05) is 11.0 Å². The normalized spacial score (nSPS) is 20.6. The van der Waals surface area contributed by atoms with E-state index < -0.39 is 40.6 Å². The van der Waals surface area contributed by atoms with Gasteiger partial charge < -0.3 is 31.1 Å². The van der Waals surface area contributed by atoms with Gasteiger partial charge >= 0.3 is 5.97 Å². The van der Waals surface area contributed by atoms with Crippen LogP contribution in [-0.4, -0.2) is 87.4 Å². The first-order valence-electron chi connectivity index (χ1n) is 12.4. The molecule has 3 atom stereocenters. The van der Waals surface area contributed by atoms with Crippen LogP contribution in [0.1, 0.15) is 23.2 Å². The van der Waals surface area contributed by atoms with E-state index in [1.165, 1.54) is 24.3 Å². The fraction of sp³-hybridized carbons (Fsp3) is 0.400. The monoisotopic (exact) mass is 544 g/mol. The van der Waals surface area contributed by atoms with Crippen molar-refractivity contribution in [3.05, 3.63) is 60.2 Å². The third-order valence-electron chi connectivity index (χ3n) is 6.39. The Balaban J connectivity index is 1.34. The average Bonchev–Trinajstić information content (AvgIpc) is 2.93. The second-order valence-corrected chi connectivity index (χ2v) is 10.9. The van der Waals surface area contributed by atoms with Gasteiger partial charge in [-0.1, -0.05) is 24.3 Å². The highest BCUT2D eigenvalue weighted by Gasteiger charge is 2.29. The number of nitrogens with zero attached hydrogens (tertiary/aromatic N) is 2. The van der Waals surface area contributed by atoms with Crippen LogP contribution >= 0.6 is 0 Å². The van der Waals surface area contributed by atoms with Gasteiger partial charge in [0.2, 0.25) is 10.0 Å². The fourth-order valence-corrected chi connectivity index (χ4v) is 5.52. The van der Waals surface area contributed by atoms with Gasteiger partial charge in [-0.25, -0.2) is 8.42 Å². The molecule has 1 fully saturated rings. The lowest BCUT2D eigenvalue weighted by Crippen LogP contribution is -2.57. The van der Waals surface area contributed by atoms with Crippen molar-refractivity contribution < 1.29 is 28.2 Å². The molecule has 0 aliphatic carbocycles. The average molecular weight is 545 g/mol. The Morgan fingerprint density at radius 1 is 1.16 bits per heavy atom. The Hall–Kier alpha value is -3.68. The molecule has 12 nitrogen and oxygen atoms in total. The van der Waals surface area contributed by atoms with Gasteiger partial charge in [0.1, 0.15) is 6.04 Å². The van der Waals surface area contributed by atoms with E-state index in [1.54, 1.807) is 24.3 Å². The summed E-state index contributed by atoms with van der Waals surface area (Å²) in [7, 11) is -4.09. The smallest absolute Gasteiger partial charge is 0.323 e. The lowest BCUT2D eigenvalue weighted by molar-refractivity contribution is -0.138. The summed E-state index contributed by atoms with van der Waals surface area (Å²) in [6, 6.07) is 12.5. The van der Waals surface area contributed by atoms with Crippen molar-refractivity contribution in [3.63, 3.8) is 0 Å². The first-order chi connectivity index (χ1) is 18.2. The molecule has 2 heterocycles. The predicted molar refractivity (Wildman–Crippen MR) is 142 cm³/mol. The number of hydrogen-bond acceptors (Lipinski definition) is 9. The first-order valence-corrected chi connectivity index (χ1v) is 13.9. The molecule has 1 saturated heterocycles. The maximum absolute atomic E-state index is 12.8. The van der Waals surface area contributed by atoms with Crippen LogP contribution in [0.3, 0.4) is 0 Å². The number of anilines is 1. The van der Waals surface area contributed by atoms with E-state index in [4.69, 9.17) is 0 Å². The molecule has 4 rings (SSSR count). The molecule has 0 spiro atoms. The third kappa shape index (κ3) is 7.00. The number of aliphatic hydroxyl groups excluding tert-OH is 1. The Labute approximate surface area is 221 Å². The largest absolute Gasteiger partial charge is 0.480 e. The van der Waals surface area contributed by atoms with Gasteiger partial charge in [0, 0.05) is 44.0 Å². The zero-order valence-electron chi connectivity index (χ0n) is 20.7. The summed E-state index contributed by atoms with van der Waals surface area (Å²) < 4.78 is 27.2. The van der Waals surface area contributed by atoms with Gasteiger partial charge in [-0.3, -0.25) is 14.6 Å². The molecule has 2 unspecified atom stereocenters. The van der Waals surface area contributed by atoms with Crippen molar-refractivity contribution in [2.24, 2.45) is 4.99 Å². The molecular formula is C25H32N6O6S. The summed E-state index contributed by atoms with van der Waals surface area (Å²) in [6.45, 7) is 2.17. The number of carbonyl (C=O) groups is 2. The second kappa shape index (κ2) is 12.2. The van der Waals surface area contributed by atoms with Gasteiger partial charge in [0.15, 0.2) is 5.96 Å². The summed E-state index contributed by atoms with van der Waals surface area (Å²) in [6.07, 6.45) is 0.998. The van der Waals surface area contributed by atoms with Gasteiger partial charge in [0.25, 0.3) is 5.91 Å². The Morgan fingerprint density at radius 3 is 2.63 bits per heavy atom. The van der Waals surface area contributed by atoms with Crippen molar-refractivity contribution in [1.82, 2.24) is 20.7 Å². The van der Waals surface area contributed by atoms with Gasteiger partial charge in [-0.05, 0) is 43.2 Å². The second-order valence-electron chi connectivity index (χ2n) is 9.15. The quantitative estimate of drug-likeness (QED) is 0.248. The highest BCUT2D eigenvalue weighted by Crippen LogP contribution is 2.22. The van der Waals surface area contributed by atoms with Crippen molar-refractivity contribution in [3.8, 4) is 0 Å². The van der Waals surface area contributed by atoms with Crippen molar-refractivity contribution in [2.45, 2.75) is 35.9 Å². The van der Waals surface area contributed by atoms with Crippen LogP contribution in [0, 0.1) is 0 Å². The van der Waals surface area contributed by atoms with Crippen LogP contribution in [0.5, 0.6) is 0 Å². The topological polar surface area (TPSA) is 172 Å². The Morgan fingerprint density at radius 2 is 1.95 bits per heavy atom. The minimum Gasteiger partial charge on any atom is -0.480 e. The number of amides is 1. The number of sulfonamides is 1. The third-order valence-corrected chi connectivity index (χ3v) is 7.88. The van der Waals surface area contributed by atoms with Crippen molar-refractivity contribution >= 4 is 33.5 Å². The molecule has 38 heavy (non-hydrogen) atoms. The number of carbonyl (C=O) groups excluding carboxylic acids is 1. The van der Waals surface area contributed by atoms with E-state index >= 15 is 0 Å². The van der Waals surface area contributed by atoms with E-state index in [0.717, 1.165) is 25.2 Å². The van der Waals surface area contributed by atoms with Crippen molar-refractivity contribution in [1.29, 1.82) is 0 Å². The zero-order chi connectivity index (χ0) is 27.1. The highest BCUT2D eigenvalue weighted by atomic mass is 32.2. The van der Waals surface area contributed by atoms with Crippen LogP contribution < -0.4 is 25.6 Å². The number of aliphatic carboxylic acids is 1. The first kappa shape index (κ1) is 27.4. The van der Waals surface area contributed by atoms with E-state index in [0.29, 0.717) is 25.5 Å². The molecule has 6 N–H and O–H groups in total. The lowest BCUT2D eigenvalue weighted by atomic mass is 10.0. The molecule has 2 aromatic rings. The number of rotatable bonds is 9. The minimum absolute atomic E-state index is 0.0746. The minimum atomic E-state index is -4.09. The Kier molecular flexibility index (Phi) is 8.81. The summed E-state index contributed by atoms with van der Waals surface area (Å²) in [5, 5.41) is 29.2. The highest BCUT2D eigenvalue weighted by molar-refractivity contribution is 7.89. The zero-order valence-corrected chi connectivity index (χ0v) is 21.5. The number of aliphatic hydroxyl groups is 1. The number of hydrogen-bond donors (Lipinski definition) is 6. The molecule has 2 aromatic carbocycles. The predicted octanol–water partition coefficient (Wildman–Crippen LogP) is -0.273. The summed E-state index contributed by atoms with van der Waals surface area (Å²) in [4.78, 5) is 30.8. The van der Waals surface area contributed by atoms with Crippen LogP contribution in [-0.2, 0) is 14.8 Å². The molecule has 0 saturated carbocycles. The molecule has 1 amide bonds. The maximum Gasteiger partial charge on any atom is 0.323 e. The Bertz CT molecular complexity index is 1270. The number of aliphatic imine (C=N–C) groups is 1. The fourth-order valence-electron chi connectivity index (χ4n) is 4.31. The van der Waals surface area contributed by atoms with Crippen LogP contribution in [0.15, 0.2) is 64.5 Å². The van der Waals surface area contributed by atoms with Gasteiger partial charge in [0.05, 0.1) is 17.0 Å². The lowest BCUT2D eigenvalue weighted by Gasteiger charge is -2.38. The van der Waals surface area contributed by atoms with Crippen LogP contribution in [0.4, 0.5) is 5.69 Å².